The van der Waals surface area contributed by atoms with E-state index in [1.807, 2.05) is 6.92 Å². The van der Waals surface area contributed by atoms with Crippen molar-refractivity contribution in [2.24, 2.45) is 0 Å². The molecule has 0 heterocycles. The number of benzene rings is 1. The third kappa shape index (κ3) is 2.54. The van der Waals surface area contributed by atoms with Gasteiger partial charge in [-0.05, 0) is 31.9 Å². The normalized spacial score (nSPS) is 23.3. The van der Waals surface area contributed by atoms with E-state index in [0.29, 0.717) is 6.61 Å². The molecule has 2 nitrogen and oxygen atoms in total. The maximum Gasteiger partial charge on any atom is 0.196 e. The third-order valence-electron chi connectivity index (χ3n) is 2.89. The van der Waals surface area contributed by atoms with Crippen LogP contribution in [0, 0.1) is 17.5 Å². The van der Waals surface area contributed by atoms with Gasteiger partial charge in [-0.2, -0.15) is 0 Å². The van der Waals surface area contributed by atoms with E-state index in [9.17, 15) is 13.2 Å². The molecule has 1 N–H and O–H groups in total. The predicted molar refractivity (Wildman–Crippen MR) is 58.4 cm³/mol. The van der Waals surface area contributed by atoms with Gasteiger partial charge >= 0.3 is 0 Å². The van der Waals surface area contributed by atoms with Crippen molar-refractivity contribution in [3.63, 3.8) is 0 Å². The highest BCUT2D eigenvalue weighted by atomic mass is 19.2. The number of nitrogens with one attached hydrogen (secondary N) is 1. The molecular formula is C12H14F3NO. The van der Waals surface area contributed by atoms with Gasteiger partial charge < -0.3 is 10.1 Å². The zero-order chi connectivity index (χ0) is 12.4. The molecule has 1 fully saturated rings. The van der Waals surface area contributed by atoms with Gasteiger partial charge in [-0.3, -0.25) is 0 Å². The summed E-state index contributed by atoms with van der Waals surface area (Å²) in [5.74, 6) is -3.77. The van der Waals surface area contributed by atoms with Crippen LogP contribution in [-0.2, 0) is 4.74 Å². The third-order valence-corrected chi connectivity index (χ3v) is 2.89. The van der Waals surface area contributed by atoms with Crippen LogP contribution in [0.2, 0.25) is 0 Å². The molecule has 94 valence electrons. The Labute approximate surface area is 97.8 Å². The van der Waals surface area contributed by atoms with Gasteiger partial charge in [0.1, 0.15) is 0 Å². The summed E-state index contributed by atoms with van der Waals surface area (Å²) in [6.45, 7) is 2.56. The van der Waals surface area contributed by atoms with Gasteiger partial charge in [0.05, 0.1) is 11.8 Å². The molecule has 5 heteroatoms. The minimum atomic E-state index is -1.43. The van der Waals surface area contributed by atoms with Gasteiger partial charge in [0.2, 0.25) is 0 Å². The van der Waals surface area contributed by atoms with E-state index in [2.05, 4.69) is 5.32 Å². The molecular weight excluding hydrogens is 231 g/mol. The van der Waals surface area contributed by atoms with Crippen molar-refractivity contribution in [2.45, 2.75) is 31.9 Å². The largest absolute Gasteiger partial charge is 0.380 e. The molecule has 0 radical (unpaired) electrons. The molecule has 0 spiro atoms. The summed E-state index contributed by atoms with van der Waals surface area (Å²) in [5.41, 5.74) is 0.00356. The molecule has 0 bridgehead atoms. The van der Waals surface area contributed by atoms with Crippen LogP contribution in [-0.4, -0.2) is 18.8 Å². The quantitative estimate of drug-likeness (QED) is 0.823. The predicted octanol–water partition coefficient (Wildman–Crippen LogP) is 3.08. The Kier molecular flexibility index (Phi) is 3.57. The van der Waals surface area contributed by atoms with E-state index >= 15 is 0 Å². The van der Waals surface area contributed by atoms with E-state index < -0.39 is 17.5 Å². The van der Waals surface area contributed by atoms with E-state index in [-0.39, 0.29) is 17.8 Å². The van der Waals surface area contributed by atoms with Crippen molar-refractivity contribution in [2.75, 3.05) is 11.9 Å². The Morgan fingerprint density at radius 3 is 2.59 bits per heavy atom. The maximum atomic E-state index is 13.3. The smallest absolute Gasteiger partial charge is 0.196 e. The number of hydrogen-bond donors (Lipinski definition) is 1. The SMILES string of the molecule is CCOC1CC(Nc2ccc(F)c(F)c2F)C1. The summed E-state index contributed by atoms with van der Waals surface area (Å²) < 4.78 is 44.3. The van der Waals surface area contributed by atoms with Crippen LogP contribution in [0.4, 0.5) is 18.9 Å². The lowest BCUT2D eigenvalue weighted by atomic mass is 9.89. The minimum Gasteiger partial charge on any atom is -0.380 e. The fourth-order valence-electron chi connectivity index (χ4n) is 1.91. The lowest BCUT2D eigenvalue weighted by Crippen LogP contribution is -2.41. The highest BCUT2D eigenvalue weighted by molar-refractivity contribution is 5.46. The first-order chi connectivity index (χ1) is 8.11. The standard InChI is InChI=1S/C12H14F3NO/c1-2-17-8-5-7(6-8)16-10-4-3-9(13)11(14)12(10)15/h3-4,7-8,16H,2,5-6H2,1H3. The first-order valence-electron chi connectivity index (χ1n) is 5.63. The number of ether oxygens (including phenoxy) is 1. The van der Waals surface area contributed by atoms with Gasteiger partial charge in [-0.1, -0.05) is 0 Å². The number of rotatable bonds is 4. The van der Waals surface area contributed by atoms with E-state index in [4.69, 9.17) is 4.74 Å². The monoisotopic (exact) mass is 245 g/mol. The van der Waals surface area contributed by atoms with E-state index in [0.717, 1.165) is 18.9 Å². The van der Waals surface area contributed by atoms with E-state index in [1.54, 1.807) is 0 Å². The van der Waals surface area contributed by atoms with Gasteiger partial charge in [-0.15, -0.1) is 0 Å². The number of anilines is 1. The molecule has 0 atom stereocenters. The van der Waals surface area contributed by atoms with Crippen LogP contribution >= 0.6 is 0 Å². The van der Waals surface area contributed by atoms with Crippen molar-refractivity contribution >= 4 is 5.69 Å². The van der Waals surface area contributed by atoms with Gasteiger partial charge in [0.25, 0.3) is 0 Å². The van der Waals surface area contributed by atoms with E-state index in [1.165, 1.54) is 6.07 Å². The van der Waals surface area contributed by atoms with Crippen LogP contribution in [0.5, 0.6) is 0 Å². The molecule has 0 amide bonds. The topological polar surface area (TPSA) is 21.3 Å². The highest BCUT2D eigenvalue weighted by Gasteiger charge is 2.30. The summed E-state index contributed by atoms with van der Waals surface area (Å²) in [7, 11) is 0. The molecule has 1 aromatic carbocycles. The molecule has 1 aromatic rings. The lowest BCUT2D eigenvalue weighted by Gasteiger charge is -2.36. The molecule has 0 aromatic heterocycles. The average Bonchev–Trinajstić information content (AvgIpc) is 2.26. The summed E-state index contributed by atoms with van der Waals surface area (Å²) >= 11 is 0. The number of halogens is 3. The Hall–Kier alpha value is -1.23. The molecule has 17 heavy (non-hydrogen) atoms. The van der Waals surface area contributed by atoms with Crippen molar-refractivity contribution in [1.82, 2.24) is 0 Å². The molecule has 2 rings (SSSR count). The van der Waals surface area contributed by atoms with Crippen LogP contribution < -0.4 is 5.32 Å². The Bertz CT molecular complexity index is 405. The van der Waals surface area contributed by atoms with Crippen molar-refractivity contribution < 1.29 is 17.9 Å². The van der Waals surface area contributed by atoms with Gasteiger partial charge in [-0.25, -0.2) is 13.2 Å². The molecule has 1 saturated carbocycles. The van der Waals surface area contributed by atoms with Crippen LogP contribution in [0.25, 0.3) is 0 Å². The minimum absolute atomic E-state index is 0.00356. The lowest BCUT2D eigenvalue weighted by molar-refractivity contribution is 0.00292. The Morgan fingerprint density at radius 1 is 1.24 bits per heavy atom. The van der Waals surface area contributed by atoms with Crippen LogP contribution in [0.3, 0.4) is 0 Å². The van der Waals surface area contributed by atoms with Gasteiger partial charge in [0.15, 0.2) is 17.5 Å². The van der Waals surface area contributed by atoms with Gasteiger partial charge in [0, 0.05) is 12.6 Å². The van der Waals surface area contributed by atoms with Crippen molar-refractivity contribution in [1.29, 1.82) is 0 Å². The summed E-state index contributed by atoms with van der Waals surface area (Å²) in [6.07, 6.45) is 1.70. The summed E-state index contributed by atoms with van der Waals surface area (Å²) in [6, 6.07) is 2.19. The zero-order valence-corrected chi connectivity index (χ0v) is 9.47. The second-order valence-corrected chi connectivity index (χ2v) is 4.11. The number of hydrogen-bond acceptors (Lipinski definition) is 2. The zero-order valence-electron chi connectivity index (χ0n) is 9.47. The van der Waals surface area contributed by atoms with Crippen LogP contribution in [0.1, 0.15) is 19.8 Å². The van der Waals surface area contributed by atoms with Crippen LogP contribution in [0.15, 0.2) is 12.1 Å². The first-order valence-corrected chi connectivity index (χ1v) is 5.63. The molecule has 0 saturated heterocycles. The van der Waals surface area contributed by atoms with Crippen molar-refractivity contribution in [3.8, 4) is 0 Å². The second kappa shape index (κ2) is 4.96. The fraction of sp³-hybridized carbons (Fsp3) is 0.500. The summed E-state index contributed by atoms with van der Waals surface area (Å²) in [4.78, 5) is 0. The van der Waals surface area contributed by atoms with Crippen molar-refractivity contribution in [3.05, 3.63) is 29.6 Å². The molecule has 0 unspecified atom stereocenters. The molecule has 1 aliphatic rings. The fourth-order valence-corrected chi connectivity index (χ4v) is 1.91. The second-order valence-electron chi connectivity index (χ2n) is 4.11. The molecule has 0 aliphatic heterocycles. The Balaban J connectivity index is 1.95. The molecule has 1 aliphatic carbocycles. The Morgan fingerprint density at radius 2 is 1.94 bits per heavy atom. The first kappa shape index (κ1) is 12.2. The average molecular weight is 245 g/mol. The summed E-state index contributed by atoms with van der Waals surface area (Å²) in [5, 5.41) is 2.84. The maximum absolute atomic E-state index is 13.3. The highest BCUT2D eigenvalue weighted by Crippen LogP contribution is 2.28.